The molecule has 0 spiro atoms. The minimum atomic E-state index is -0.367. The monoisotopic (exact) mass is 392 g/mol. The molecule has 2 aromatic rings. The number of benzene rings is 2. The van der Waals surface area contributed by atoms with Crippen LogP contribution in [0, 0.1) is 5.92 Å². The Morgan fingerprint density at radius 1 is 1.08 bits per heavy atom. The molecule has 0 radical (unpaired) electrons. The number of amides is 2. The lowest BCUT2D eigenvalue weighted by Crippen LogP contribution is -2.35. The summed E-state index contributed by atoms with van der Waals surface area (Å²) >= 11 is 11.7. The van der Waals surface area contributed by atoms with Crippen molar-refractivity contribution in [2.24, 2.45) is 5.92 Å². The topological polar surface area (TPSA) is 58.6 Å². The van der Waals surface area contributed by atoms with Gasteiger partial charge in [0.1, 0.15) is 12.4 Å². The summed E-state index contributed by atoms with van der Waals surface area (Å²) in [6.45, 7) is 1.08. The molecule has 5 nitrogen and oxygen atoms in total. The van der Waals surface area contributed by atoms with Crippen LogP contribution >= 0.6 is 23.2 Å². The molecule has 0 unspecified atom stereocenters. The summed E-state index contributed by atoms with van der Waals surface area (Å²) in [7, 11) is 0. The Morgan fingerprint density at radius 3 is 2.35 bits per heavy atom. The number of halogens is 2. The van der Waals surface area contributed by atoms with Crippen LogP contribution < -0.4 is 15.0 Å². The van der Waals surface area contributed by atoms with Gasteiger partial charge in [-0.1, -0.05) is 23.2 Å². The van der Waals surface area contributed by atoms with E-state index in [4.69, 9.17) is 27.9 Å². The van der Waals surface area contributed by atoms with Crippen LogP contribution in [0.15, 0.2) is 48.5 Å². The third kappa shape index (κ3) is 4.68. The third-order valence-electron chi connectivity index (χ3n) is 4.12. The SMILES string of the molecule is O=C(NCCOc1ccc(Cl)cc1)[C@@H]1CC(=O)N(c2ccc(Cl)cc2)C1. The number of hydrogen-bond donors (Lipinski definition) is 1. The molecule has 136 valence electrons. The van der Waals surface area contributed by atoms with Gasteiger partial charge in [0.05, 0.1) is 12.5 Å². The van der Waals surface area contributed by atoms with Crippen molar-refractivity contribution < 1.29 is 14.3 Å². The zero-order valence-electron chi connectivity index (χ0n) is 14.0. The van der Waals surface area contributed by atoms with Crippen LogP contribution in [0.3, 0.4) is 0 Å². The van der Waals surface area contributed by atoms with Crippen molar-refractivity contribution in [1.29, 1.82) is 0 Å². The van der Waals surface area contributed by atoms with Crippen molar-refractivity contribution in [3.63, 3.8) is 0 Å². The van der Waals surface area contributed by atoms with Crippen molar-refractivity contribution in [3.05, 3.63) is 58.6 Å². The smallest absolute Gasteiger partial charge is 0.227 e. The van der Waals surface area contributed by atoms with Crippen molar-refractivity contribution in [2.75, 3.05) is 24.6 Å². The van der Waals surface area contributed by atoms with Crippen LogP contribution in [0.2, 0.25) is 10.0 Å². The standard InChI is InChI=1S/C19H18Cl2N2O3/c20-14-1-5-16(6-2-14)23-12-13(11-18(23)24)19(25)22-9-10-26-17-7-3-15(21)4-8-17/h1-8,13H,9-12H2,(H,22,25)/t13-/m1/s1. The van der Waals surface area contributed by atoms with Crippen LogP contribution in [-0.4, -0.2) is 31.5 Å². The third-order valence-corrected chi connectivity index (χ3v) is 4.62. The fourth-order valence-corrected chi connectivity index (χ4v) is 3.02. The zero-order valence-corrected chi connectivity index (χ0v) is 15.5. The lowest BCUT2D eigenvalue weighted by Gasteiger charge is -2.16. The first-order chi connectivity index (χ1) is 12.5. The number of rotatable bonds is 6. The number of anilines is 1. The number of nitrogens with zero attached hydrogens (tertiary/aromatic N) is 1. The van der Waals surface area contributed by atoms with Gasteiger partial charge in [0.25, 0.3) is 0 Å². The molecule has 1 aliphatic rings. The van der Waals surface area contributed by atoms with E-state index >= 15 is 0 Å². The fourth-order valence-electron chi connectivity index (χ4n) is 2.77. The van der Waals surface area contributed by atoms with Crippen molar-refractivity contribution >= 4 is 40.7 Å². The Bertz CT molecular complexity index is 778. The molecule has 3 rings (SSSR count). The lowest BCUT2D eigenvalue weighted by molar-refractivity contribution is -0.126. The van der Waals surface area contributed by atoms with Gasteiger partial charge in [-0.3, -0.25) is 9.59 Å². The van der Waals surface area contributed by atoms with E-state index in [2.05, 4.69) is 5.32 Å². The maximum Gasteiger partial charge on any atom is 0.227 e. The highest BCUT2D eigenvalue weighted by atomic mass is 35.5. The van der Waals surface area contributed by atoms with E-state index in [0.717, 1.165) is 5.69 Å². The second kappa shape index (κ2) is 8.43. The number of hydrogen-bond acceptors (Lipinski definition) is 3. The van der Waals surface area contributed by atoms with E-state index in [1.54, 1.807) is 53.4 Å². The molecule has 1 atom stereocenters. The highest BCUT2D eigenvalue weighted by molar-refractivity contribution is 6.30. The minimum absolute atomic E-state index is 0.0649. The molecule has 1 N–H and O–H groups in total. The fraction of sp³-hybridized carbons (Fsp3) is 0.263. The van der Waals surface area contributed by atoms with Gasteiger partial charge in [-0.15, -0.1) is 0 Å². The second-order valence-corrected chi connectivity index (χ2v) is 6.85. The summed E-state index contributed by atoms with van der Waals surface area (Å²) in [6, 6.07) is 14.0. The summed E-state index contributed by atoms with van der Waals surface area (Å²) in [5.74, 6) is 0.113. The molecule has 2 amide bonds. The van der Waals surface area contributed by atoms with Gasteiger partial charge in [0.15, 0.2) is 0 Å². The normalized spacial score (nSPS) is 16.6. The van der Waals surface area contributed by atoms with Gasteiger partial charge in [-0.05, 0) is 48.5 Å². The number of ether oxygens (including phenoxy) is 1. The van der Waals surface area contributed by atoms with Crippen LogP contribution in [0.5, 0.6) is 5.75 Å². The largest absolute Gasteiger partial charge is 0.492 e. The molecular weight excluding hydrogens is 375 g/mol. The molecule has 1 aliphatic heterocycles. The van der Waals surface area contributed by atoms with Crippen LogP contribution in [0.4, 0.5) is 5.69 Å². The van der Waals surface area contributed by atoms with Crippen LogP contribution in [-0.2, 0) is 9.59 Å². The first-order valence-corrected chi connectivity index (χ1v) is 9.00. The summed E-state index contributed by atoms with van der Waals surface area (Å²) in [5, 5.41) is 4.07. The van der Waals surface area contributed by atoms with Gasteiger partial charge in [-0.25, -0.2) is 0 Å². The molecule has 26 heavy (non-hydrogen) atoms. The Hall–Kier alpha value is -2.24. The van der Waals surface area contributed by atoms with Gasteiger partial charge < -0.3 is 15.0 Å². The van der Waals surface area contributed by atoms with Gasteiger partial charge in [-0.2, -0.15) is 0 Å². The highest BCUT2D eigenvalue weighted by Gasteiger charge is 2.34. The number of nitrogens with one attached hydrogen (secondary N) is 1. The predicted octanol–water partition coefficient (Wildman–Crippen LogP) is 3.54. The Labute approximate surface area is 161 Å². The maximum absolute atomic E-state index is 12.3. The molecule has 0 aromatic heterocycles. The Morgan fingerprint density at radius 2 is 1.69 bits per heavy atom. The molecular formula is C19H18Cl2N2O3. The predicted molar refractivity (Wildman–Crippen MR) is 102 cm³/mol. The molecule has 2 aromatic carbocycles. The van der Waals surface area contributed by atoms with E-state index < -0.39 is 0 Å². The summed E-state index contributed by atoms with van der Waals surface area (Å²) in [5.41, 5.74) is 0.751. The Balaban J connectivity index is 1.45. The van der Waals surface area contributed by atoms with E-state index in [0.29, 0.717) is 35.5 Å². The lowest BCUT2D eigenvalue weighted by atomic mass is 10.1. The van der Waals surface area contributed by atoms with Crippen LogP contribution in [0.1, 0.15) is 6.42 Å². The quantitative estimate of drug-likeness (QED) is 0.764. The molecule has 0 bridgehead atoms. The number of carbonyl (C=O) groups is 2. The van der Waals surface area contributed by atoms with Gasteiger partial charge in [0.2, 0.25) is 11.8 Å². The van der Waals surface area contributed by atoms with E-state index in [9.17, 15) is 9.59 Å². The van der Waals surface area contributed by atoms with Gasteiger partial charge >= 0.3 is 0 Å². The average molecular weight is 393 g/mol. The van der Waals surface area contributed by atoms with E-state index in [-0.39, 0.29) is 24.2 Å². The van der Waals surface area contributed by atoms with E-state index in [1.165, 1.54) is 0 Å². The van der Waals surface area contributed by atoms with Crippen molar-refractivity contribution in [3.8, 4) is 5.75 Å². The summed E-state index contributed by atoms with van der Waals surface area (Å²) in [4.78, 5) is 26.1. The molecule has 0 aliphatic carbocycles. The van der Waals surface area contributed by atoms with Gasteiger partial charge in [0, 0.05) is 28.7 Å². The minimum Gasteiger partial charge on any atom is -0.492 e. The first-order valence-electron chi connectivity index (χ1n) is 8.25. The van der Waals surface area contributed by atoms with E-state index in [1.807, 2.05) is 0 Å². The molecule has 0 saturated carbocycles. The van der Waals surface area contributed by atoms with Crippen molar-refractivity contribution in [1.82, 2.24) is 5.32 Å². The highest BCUT2D eigenvalue weighted by Crippen LogP contribution is 2.26. The zero-order chi connectivity index (χ0) is 18.5. The molecule has 7 heteroatoms. The average Bonchev–Trinajstić information content (AvgIpc) is 3.02. The molecule has 1 heterocycles. The summed E-state index contributed by atoms with van der Waals surface area (Å²) in [6.07, 6.45) is 0.201. The Kier molecular flexibility index (Phi) is 6.01. The number of carbonyl (C=O) groups excluding carboxylic acids is 2. The van der Waals surface area contributed by atoms with Crippen molar-refractivity contribution in [2.45, 2.75) is 6.42 Å². The second-order valence-electron chi connectivity index (χ2n) is 5.98. The maximum atomic E-state index is 12.3. The van der Waals surface area contributed by atoms with Crippen LogP contribution in [0.25, 0.3) is 0 Å². The summed E-state index contributed by atoms with van der Waals surface area (Å²) < 4.78 is 5.53. The molecule has 1 fully saturated rings. The molecule has 1 saturated heterocycles. The first kappa shape index (κ1) is 18.5.